The van der Waals surface area contributed by atoms with E-state index in [0.29, 0.717) is 23.0 Å². The molecule has 1 heterocycles. The minimum Gasteiger partial charge on any atom is -0.489 e. The maximum Gasteiger partial charge on any atom is 0.289 e. The molecule has 0 aliphatic carbocycles. The van der Waals surface area contributed by atoms with E-state index < -0.39 is 0 Å². The van der Waals surface area contributed by atoms with Gasteiger partial charge in [0, 0.05) is 15.1 Å². The van der Waals surface area contributed by atoms with Gasteiger partial charge in [0.25, 0.3) is 5.91 Å². The number of hydrogen-bond acceptors (Lipinski definition) is 4. The first-order chi connectivity index (χ1) is 15.6. The van der Waals surface area contributed by atoms with Crippen molar-refractivity contribution in [1.82, 2.24) is 15.6 Å². The highest BCUT2D eigenvalue weighted by atomic mass is 79.9. The van der Waals surface area contributed by atoms with Gasteiger partial charge in [-0.25, -0.2) is 5.43 Å². The van der Waals surface area contributed by atoms with Gasteiger partial charge in [-0.2, -0.15) is 10.2 Å². The Hall–Kier alpha value is -3.42. The lowest BCUT2D eigenvalue weighted by Crippen LogP contribution is -2.17. The van der Waals surface area contributed by atoms with Gasteiger partial charge < -0.3 is 4.74 Å². The van der Waals surface area contributed by atoms with E-state index in [9.17, 15) is 4.79 Å². The quantitative estimate of drug-likeness (QED) is 0.243. The summed E-state index contributed by atoms with van der Waals surface area (Å²) in [6, 6.07) is 24.3. The van der Waals surface area contributed by atoms with Crippen molar-refractivity contribution in [3.05, 3.63) is 105 Å². The third-order valence-electron chi connectivity index (χ3n) is 4.52. The summed E-state index contributed by atoms with van der Waals surface area (Å²) < 4.78 is 6.74. The number of hydrazone groups is 1. The molecule has 8 heteroatoms. The minimum absolute atomic E-state index is 0.314. The fraction of sp³-hybridized carbons (Fsp3) is 0.0417. The Morgan fingerprint density at radius 2 is 1.88 bits per heavy atom. The Morgan fingerprint density at radius 1 is 1.09 bits per heavy atom. The van der Waals surface area contributed by atoms with Crippen LogP contribution in [-0.2, 0) is 6.61 Å². The summed E-state index contributed by atoms with van der Waals surface area (Å²) in [4.78, 5) is 12.3. The summed E-state index contributed by atoms with van der Waals surface area (Å²) in [7, 11) is 0. The SMILES string of the molecule is O=C(N/N=C\c1cccc(Br)c1)c1cc(-c2ccc(OCc3ccc(Cl)cc3)cc2)n[nH]1. The molecule has 3 aromatic carbocycles. The van der Waals surface area contributed by atoms with Crippen LogP contribution in [0.2, 0.25) is 5.02 Å². The van der Waals surface area contributed by atoms with Gasteiger partial charge in [-0.15, -0.1) is 0 Å². The van der Waals surface area contributed by atoms with Crippen LogP contribution in [0.15, 0.2) is 88.4 Å². The summed E-state index contributed by atoms with van der Waals surface area (Å²) in [5, 5.41) is 11.6. The smallest absolute Gasteiger partial charge is 0.289 e. The second-order valence-corrected chi connectivity index (χ2v) is 8.21. The number of amides is 1. The number of carbonyl (C=O) groups is 1. The first-order valence-electron chi connectivity index (χ1n) is 9.69. The van der Waals surface area contributed by atoms with Crippen LogP contribution in [0.3, 0.4) is 0 Å². The lowest BCUT2D eigenvalue weighted by molar-refractivity contribution is 0.0950. The van der Waals surface area contributed by atoms with Crippen LogP contribution < -0.4 is 10.2 Å². The van der Waals surface area contributed by atoms with Crippen LogP contribution >= 0.6 is 27.5 Å². The average Bonchev–Trinajstić information content (AvgIpc) is 3.30. The van der Waals surface area contributed by atoms with E-state index in [4.69, 9.17) is 16.3 Å². The van der Waals surface area contributed by atoms with Crippen molar-refractivity contribution < 1.29 is 9.53 Å². The molecule has 0 aliphatic rings. The molecule has 1 aromatic heterocycles. The van der Waals surface area contributed by atoms with E-state index in [1.165, 1.54) is 0 Å². The van der Waals surface area contributed by atoms with Crippen LogP contribution in [0.25, 0.3) is 11.3 Å². The fourth-order valence-electron chi connectivity index (χ4n) is 2.87. The largest absolute Gasteiger partial charge is 0.489 e. The van der Waals surface area contributed by atoms with Gasteiger partial charge in [0.15, 0.2) is 0 Å². The highest BCUT2D eigenvalue weighted by Crippen LogP contribution is 2.22. The standard InChI is InChI=1S/C24H18BrClN4O2/c25-19-3-1-2-17(12-19)14-27-30-24(31)23-13-22(28-29-23)18-6-10-21(11-7-18)32-15-16-4-8-20(26)9-5-16/h1-14H,15H2,(H,28,29)(H,30,31)/b27-14-. The minimum atomic E-state index is -0.377. The summed E-state index contributed by atoms with van der Waals surface area (Å²) in [5.41, 5.74) is 6.21. The molecule has 0 atom stereocenters. The highest BCUT2D eigenvalue weighted by Gasteiger charge is 2.10. The summed E-state index contributed by atoms with van der Waals surface area (Å²) in [6.45, 7) is 0.448. The fourth-order valence-corrected chi connectivity index (χ4v) is 3.41. The number of hydrogen-bond donors (Lipinski definition) is 2. The zero-order chi connectivity index (χ0) is 22.3. The third kappa shape index (κ3) is 5.84. The zero-order valence-electron chi connectivity index (χ0n) is 16.8. The van der Waals surface area contributed by atoms with Crippen LogP contribution in [-0.4, -0.2) is 22.3 Å². The number of benzene rings is 3. The van der Waals surface area contributed by atoms with Crippen LogP contribution in [0.5, 0.6) is 5.75 Å². The molecule has 0 fully saturated rings. The van der Waals surface area contributed by atoms with E-state index in [1.807, 2.05) is 72.8 Å². The van der Waals surface area contributed by atoms with Gasteiger partial charge >= 0.3 is 0 Å². The number of H-pyrrole nitrogens is 1. The zero-order valence-corrected chi connectivity index (χ0v) is 19.1. The van der Waals surface area contributed by atoms with Crippen molar-refractivity contribution in [3.63, 3.8) is 0 Å². The molecule has 0 aliphatic heterocycles. The third-order valence-corrected chi connectivity index (χ3v) is 5.26. The van der Waals surface area contributed by atoms with Gasteiger partial charge in [-0.3, -0.25) is 9.89 Å². The van der Waals surface area contributed by atoms with Crippen molar-refractivity contribution in [2.75, 3.05) is 0 Å². The van der Waals surface area contributed by atoms with Gasteiger partial charge in [0.05, 0.1) is 11.9 Å². The molecular weight excluding hydrogens is 492 g/mol. The van der Waals surface area contributed by atoms with E-state index in [1.54, 1.807) is 12.3 Å². The second kappa shape index (κ2) is 10.3. The molecule has 6 nitrogen and oxygen atoms in total. The van der Waals surface area contributed by atoms with Crippen molar-refractivity contribution in [2.24, 2.45) is 5.10 Å². The molecule has 1 amide bonds. The molecule has 0 spiro atoms. The first-order valence-corrected chi connectivity index (χ1v) is 10.9. The van der Waals surface area contributed by atoms with E-state index in [2.05, 4.69) is 36.7 Å². The maximum atomic E-state index is 12.3. The van der Waals surface area contributed by atoms with Gasteiger partial charge in [-0.05, 0) is 65.7 Å². The Bertz CT molecular complexity index is 1240. The lowest BCUT2D eigenvalue weighted by atomic mass is 10.1. The number of rotatable bonds is 7. The Morgan fingerprint density at radius 3 is 2.62 bits per heavy atom. The molecule has 0 bridgehead atoms. The van der Waals surface area contributed by atoms with E-state index in [-0.39, 0.29) is 5.91 Å². The number of aromatic amines is 1. The Balaban J connectivity index is 1.34. The van der Waals surface area contributed by atoms with E-state index >= 15 is 0 Å². The second-order valence-electron chi connectivity index (χ2n) is 6.86. The number of carbonyl (C=O) groups excluding carboxylic acids is 1. The average molecular weight is 510 g/mol. The summed E-state index contributed by atoms with van der Waals surface area (Å²) >= 11 is 9.29. The molecule has 4 rings (SSSR count). The van der Waals surface area contributed by atoms with Crippen molar-refractivity contribution in [1.29, 1.82) is 0 Å². The monoisotopic (exact) mass is 508 g/mol. The lowest BCUT2D eigenvalue weighted by Gasteiger charge is -2.07. The molecule has 0 radical (unpaired) electrons. The number of aromatic nitrogens is 2. The van der Waals surface area contributed by atoms with E-state index in [0.717, 1.165) is 26.9 Å². The highest BCUT2D eigenvalue weighted by molar-refractivity contribution is 9.10. The Labute approximate surface area is 198 Å². The molecule has 0 saturated carbocycles. The first kappa shape index (κ1) is 21.8. The number of nitrogens with one attached hydrogen (secondary N) is 2. The van der Waals surface area contributed by atoms with Crippen molar-refractivity contribution >= 4 is 39.7 Å². The van der Waals surface area contributed by atoms with Crippen molar-refractivity contribution in [3.8, 4) is 17.0 Å². The Kier molecular flexibility index (Phi) is 6.99. The van der Waals surface area contributed by atoms with Crippen molar-refractivity contribution in [2.45, 2.75) is 6.61 Å². The summed E-state index contributed by atoms with van der Waals surface area (Å²) in [6.07, 6.45) is 1.57. The molecule has 0 saturated heterocycles. The molecule has 0 unspecified atom stereocenters. The molecule has 32 heavy (non-hydrogen) atoms. The molecule has 2 N–H and O–H groups in total. The molecular formula is C24H18BrClN4O2. The van der Waals surface area contributed by atoms with Gasteiger partial charge in [0.2, 0.25) is 0 Å². The predicted octanol–water partition coefficient (Wildman–Crippen LogP) is 5.84. The van der Waals surface area contributed by atoms with Crippen LogP contribution in [0.4, 0.5) is 0 Å². The molecule has 4 aromatic rings. The number of nitrogens with zero attached hydrogens (tertiary/aromatic N) is 2. The van der Waals surface area contributed by atoms with Gasteiger partial charge in [0.1, 0.15) is 18.1 Å². The maximum absolute atomic E-state index is 12.3. The number of halogens is 2. The predicted molar refractivity (Wildman–Crippen MR) is 129 cm³/mol. The summed E-state index contributed by atoms with van der Waals surface area (Å²) in [5.74, 6) is 0.358. The van der Waals surface area contributed by atoms with Gasteiger partial charge in [-0.1, -0.05) is 51.8 Å². The van der Waals surface area contributed by atoms with Crippen LogP contribution in [0.1, 0.15) is 21.6 Å². The molecule has 160 valence electrons. The number of ether oxygens (including phenoxy) is 1. The topological polar surface area (TPSA) is 79.4 Å². The normalized spacial score (nSPS) is 10.9. The van der Waals surface area contributed by atoms with Crippen LogP contribution in [0, 0.1) is 0 Å².